The van der Waals surface area contributed by atoms with Gasteiger partial charge in [-0.15, -0.1) is 0 Å². The van der Waals surface area contributed by atoms with Gasteiger partial charge >= 0.3 is 6.09 Å². The fraction of sp³-hybridized carbons (Fsp3) is 0.250. The molecule has 0 radical (unpaired) electrons. The lowest BCUT2D eigenvalue weighted by Gasteiger charge is -2.18. The molecule has 4 N–H and O–H groups in total. The maximum atomic E-state index is 11.7. The Bertz CT molecular complexity index is 839. The van der Waals surface area contributed by atoms with Crippen LogP contribution in [0.25, 0.3) is 11.2 Å². The molecule has 2 aromatic heterocycles. The highest BCUT2D eigenvalue weighted by Crippen LogP contribution is 2.20. The molecule has 0 aliphatic heterocycles. The number of fused-ring (bicyclic) bond motifs is 1. The molecule has 0 bridgehead atoms. The summed E-state index contributed by atoms with van der Waals surface area (Å²) in [4.78, 5) is 26.4. The monoisotopic (exact) mass is 343 g/mol. The van der Waals surface area contributed by atoms with E-state index >= 15 is 0 Å². The summed E-state index contributed by atoms with van der Waals surface area (Å²) in [6.07, 6.45) is -0.618. The van der Waals surface area contributed by atoms with Crippen LogP contribution in [0, 0.1) is 0 Å². The number of carbonyl (C=O) groups excluding carboxylic acids is 1. The van der Waals surface area contributed by atoms with E-state index in [1.807, 2.05) is 30.3 Å². The molecule has 130 valence electrons. The van der Waals surface area contributed by atoms with Crippen molar-refractivity contribution in [2.75, 3.05) is 6.54 Å². The third kappa shape index (κ3) is 4.08. The topological polar surface area (TPSA) is 133 Å². The van der Waals surface area contributed by atoms with Crippen LogP contribution in [-0.4, -0.2) is 48.9 Å². The van der Waals surface area contributed by atoms with Crippen molar-refractivity contribution in [3.05, 3.63) is 54.2 Å². The van der Waals surface area contributed by atoms with Gasteiger partial charge in [0.2, 0.25) is 0 Å². The van der Waals surface area contributed by atoms with Gasteiger partial charge in [-0.2, -0.15) is 0 Å². The number of hydrogen-bond acceptors (Lipinski definition) is 7. The van der Waals surface area contributed by atoms with Crippen LogP contribution < -0.4 is 5.32 Å². The molecule has 1 aromatic carbocycles. The largest absolute Gasteiger partial charge is 0.445 e. The average Bonchev–Trinajstić information content (AvgIpc) is 3.13. The fourth-order valence-corrected chi connectivity index (χ4v) is 2.26. The van der Waals surface area contributed by atoms with Gasteiger partial charge in [0, 0.05) is 6.54 Å². The molecular weight excluding hydrogens is 326 g/mol. The minimum Gasteiger partial charge on any atom is -0.445 e. The first-order valence-corrected chi connectivity index (χ1v) is 7.60. The van der Waals surface area contributed by atoms with Crippen molar-refractivity contribution in [1.29, 1.82) is 0 Å². The maximum absolute atomic E-state index is 11.7. The highest BCUT2D eigenvalue weighted by Gasteiger charge is 2.23. The van der Waals surface area contributed by atoms with E-state index in [4.69, 9.17) is 4.74 Å². The first kappa shape index (κ1) is 16.8. The predicted octanol–water partition coefficient (Wildman–Crippen LogP) is 0.674. The molecule has 2 atom stereocenters. The quantitative estimate of drug-likeness (QED) is 0.517. The number of rotatable bonds is 6. The minimum atomic E-state index is -1.32. The summed E-state index contributed by atoms with van der Waals surface area (Å²) in [5.74, 6) is 0. The number of aliphatic hydroxyl groups excluding tert-OH is 2. The molecule has 9 nitrogen and oxygen atoms in total. The van der Waals surface area contributed by atoms with Gasteiger partial charge in [0.25, 0.3) is 0 Å². The number of aromatic amines is 1. The number of benzene rings is 1. The molecular formula is C16H17N5O4. The van der Waals surface area contributed by atoms with Gasteiger partial charge in [-0.3, -0.25) is 0 Å². The van der Waals surface area contributed by atoms with E-state index in [9.17, 15) is 15.0 Å². The lowest BCUT2D eigenvalue weighted by Crippen LogP contribution is -2.36. The Labute approximate surface area is 142 Å². The first-order valence-electron chi connectivity index (χ1n) is 7.60. The summed E-state index contributed by atoms with van der Waals surface area (Å²) in [7, 11) is 0. The van der Waals surface area contributed by atoms with E-state index in [2.05, 4.69) is 25.3 Å². The van der Waals surface area contributed by atoms with E-state index in [0.717, 1.165) is 5.56 Å². The molecule has 0 saturated heterocycles. The number of nitrogens with one attached hydrogen (secondary N) is 2. The van der Waals surface area contributed by atoms with Crippen molar-refractivity contribution in [2.45, 2.75) is 18.8 Å². The number of nitrogens with zero attached hydrogens (tertiary/aromatic N) is 3. The molecule has 2 heterocycles. The Balaban J connectivity index is 1.52. The van der Waals surface area contributed by atoms with Crippen LogP contribution in [0.3, 0.4) is 0 Å². The van der Waals surface area contributed by atoms with E-state index < -0.39 is 18.3 Å². The van der Waals surface area contributed by atoms with Crippen molar-refractivity contribution in [3.8, 4) is 0 Å². The highest BCUT2D eigenvalue weighted by atomic mass is 16.5. The van der Waals surface area contributed by atoms with Gasteiger partial charge in [-0.25, -0.2) is 19.7 Å². The Morgan fingerprint density at radius 3 is 2.80 bits per heavy atom. The van der Waals surface area contributed by atoms with Crippen molar-refractivity contribution < 1.29 is 19.7 Å². The number of hydrogen-bond donors (Lipinski definition) is 4. The van der Waals surface area contributed by atoms with Crippen LogP contribution in [0.2, 0.25) is 0 Å². The SMILES string of the molecule is O=C(NCC(O)C(O)c1ncnc2nc[nH]c12)OCc1ccccc1. The number of imidazole rings is 1. The molecule has 9 heteroatoms. The summed E-state index contributed by atoms with van der Waals surface area (Å²) in [6.45, 7) is -0.0829. The van der Waals surface area contributed by atoms with Gasteiger partial charge in [0.05, 0.1) is 6.33 Å². The van der Waals surface area contributed by atoms with Gasteiger partial charge in [0.1, 0.15) is 36.4 Å². The number of aliphatic hydroxyl groups is 2. The van der Waals surface area contributed by atoms with Crippen LogP contribution in [0.4, 0.5) is 4.79 Å². The minimum absolute atomic E-state index is 0.117. The molecule has 0 aliphatic rings. The number of aromatic nitrogens is 4. The number of ether oxygens (including phenoxy) is 1. The van der Waals surface area contributed by atoms with E-state index in [1.165, 1.54) is 12.7 Å². The summed E-state index contributed by atoms with van der Waals surface area (Å²) in [5.41, 5.74) is 1.86. The molecule has 2 unspecified atom stereocenters. The zero-order valence-corrected chi connectivity index (χ0v) is 13.2. The average molecular weight is 343 g/mol. The van der Waals surface area contributed by atoms with Crippen LogP contribution in [-0.2, 0) is 11.3 Å². The lowest BCUT2D eigenvalue weighted by atomic mass is 10.1. The maximum Gasteiger partial charge on any atom is 0.407 e. The van der Waals surface area contributed by atoms with E-state index in [1.54, 1.807) is 0 Å². The predicted molar refractivity (Wildman–Crippen MR) is 87.3 cm³/mol. The second-order valence-corrected chi connectivity index (χ2v) is 5.31. The Morgan fingerprint density at radius 1 is 1.20 bits per heavy atom. The molecule has 0 spiro atoms. The first-order chi connectivity index (χ1) is 12.1. The second kappa shape index (κ2) is 7.69. The zero-order chi connectivity index (χ0) is 17.6. The molecule has 0 saturated carbocycles. The van der Waals surface area contributed by atoms with Crippen LogP contribution in [0.5, 0.6) is 0 Å². The summed E-state index contributed by atoms with van der Waals surface area (Å²) < 4.78 is 5.04. The second-order valence-electron chi connectivity index (χ2n) is 5.31. The molecule has 0 fully saturated rings. The van der Waals surface area contributed by atoms with Crippen molar-refractivity contribution in [3.63, 3.8) is 0 Å². The molecule has 3 rings (SSSR count). The lowest BCUT2D eigenvalue weighted by molar-refractivity contribution is 0.0167. The van der Waals surface area contributed by atoms with Gasteiger partial charge in [-0.1, -0.05) is 30.3 Å². The number of carbonyl (C=O) groups is 1. The zero-order valence-electron chi connectivity index (χ0n) is 13.2. The fourth-order valence-electron chi connectivity index (χ4n) is 2.26. The van der Waals surface area contributed by atoms with Crippen molar-refractivity contribution in [2.24, 2.45) is 0 Å². The van der Waals surface area contributed by atoms with Crippen molar-refractivity contribution in [1.82, 2.24) is 25.3 Å². The smallest absolute Gasteiger partial charge is 0.407 e. The van der Waals surface area contributed by atoms with Gasteiger partial charge < -0.3 is 25.3 Å². The number of H-pyrrole nitrogens is 1. The molecule has 25 heavy (non-hydrogen) atoms. The normalized spacial score (nSPS) is 13.4. The van der Waals surface area contributed by atoms with Crippen molar-refractivity contribution >= 4 is 17.3 Å². The third-order valence-corrected chi connectivity index (χ3v) is 3.57. The Kier molecular flexibility index (Phi) is 5.17. The summed E-state index contributed by atoms with van der Waals surface area (Å²) in [5, 5.41) is 22.7. The number of alkyl carbamates (subject to hydrolysis) is 1. The number of amides is 1. The molecule has 0 aliphatic carbocycles. The third-order valence-electron chi connectivity index (χ3n) is 3.57. The highest BCUT2D eigenvalue weighted by molar-refractivity contribution is 5.72. The summed E-state index contributed by atoms with van der Waals surface area (Å²) in [6, 6.07) is 9.21. The Hall–Kier alpha value is -3.04. The van der Waals surface area contributed by atoms with Gasteiger partial charge in [-0.05, 0) is 5.56 Å². The van der Waals surface area contributed by atoms with Gasteiger partial charge in [0.15, 0.2) is 5.65 Å². The molecule has 1 amide bonds. The molecule has 3 aromatic rings. The van der Waals surface area contributed by atoms with Crippen LogP contribution >= 0.6 is 0 Å². The van der Waals surface area contributed by atoms with E-state index in [-0.39, 0.29) is 18.8 Å². The van der Waals surface area contributed by atoms with Crippen LogP contribution in [0.15, 0.2) is 43.0 Å². The standard InChI is InChI=1S/C16H17N5O4/c22-11(6-17-16(24)25-7-10-4-2-1-3-5-10)14(23)12-13-15(20-8-18-12)21-9-19-13/h1-5,8-9,11,14,22-23H,6-7H2,(H,17,24)(H,18,19,20,21). The van der Waals surface area contributed by atoms with Crippen LogP contribution in [0.1, 0.15) is 17.4 Å². The summed E-state index contributed by atoms with van der Waals surface area (Å²) >= 11 is 0. The Morgan fingerprint density at radius 2 is 2.00 bits per heavy atom. The van der Waals surface area contributed by atoms with E-state index in [0.29, 0.717) is 11.2 Å².